The number of esters is 1. The van der Waals surface area contributed by atoms with Crippen LogP contribution in [0, 0.1) is 5.92 Å². The molecule has 8 heteroatoms. The number of rotatable bonds is 6. The van der Waals surface area contributed by atoms with Crippen molar-refractivity contribution in [1.82, 2.24) is 0 Å². The van der Waals surface area contributed by atoms with Gasteiger partial charge in [-0.3, -0.25) is 4.79 Å². The van der Waals surface area contributed by atoms with Crippen LogP contribution in [0.5, 0.6) is 0 Å². The molecule has 2 aliphatic rings. The van der Waals surface area contributed by atoms with E-state index in [0.717, 1.165) is 0 Å². The van der Waals surface area contributed by atoms with Gasteiger partial charge < -0.3 is 29.6 Å². The van der Waals surface area contributed by atoms with Crippen molar-refractivity contribution in [2.75, 3.05) is 6.61 Å². The first-order chi connectivity index (χ1) is 16.1. The zero-order valence-corrected chi connectivity index (χ0v) is 28.4. The predicted molar refractivity (Wildman–Crippen MR) is 142 cm³/mol. The van der Waals surface area contributed by atoms with Crippen LogP contribution in [-0.4, -0.2) is 29.6 Å². The number of carbonyl (C=O) groups excluding carboxylic acids is 1. The minimum atomic E-state index is -0.731. The number of benzene rings is 3. The molecule has 3 unspecified atom stereocenters. The van der Waals surface area contributed by atoms with Gasteiger partial charge in [0.05, 0.1) is 12.5 Å². The van der Waals surface area contributed by atoms with Crippen molar-refractivity contribution < 1.29 is 79.1 Å². The van der Waals surface area contributed by atoms with E-state index in [1.165, 1.54) is 27.1 Å². The zero-order valence-electron chi connectivity index (χ0n) is 20.7. The van der Waals surface area contributed by atoms with E-state index in [2.05, 4.69) is 105 Å². The molecule has 3 aromatic rings. The summed E-state index contributed by atoms with van der Waals surface area (Å²) >= 11 is 0. The molecule has 37 heavy (non-hydrogen) atoms. The Morgan fingerprint density at radius 3 is 1.65 bits per heavy atom. The topological polar surface area (TPSA) is 26.3 Å². The van der Waals surface area contributed by atoms with Gasteiger partial charge in [0.2, 0.25) is 0 Å². The standard InChI is InChI=1S/C29H30O2P2.2Au.2ClH/c1-4-31-29(30)25-26-20(2)21(3)27(33(26)24-18-12-7-13-19-24)28(25)32(22-14-8-5-9-15-22)23-16-10-6-11-17-23;;;;/h5-19,25-28H,4H2,1-3H3;;;2*1H/q;2*+1;;/p-2/t25-,26?,27?,28+,33?;;;;/m0..../s1. The van der Waals surface area contributed by atoms with Crippen LogP contribution in [0.3, 0.4) is 0 Å². The second-order valence-corrected chi connectivity index (χ2v) is 13.6. The monoisotopic (exact) mass is 936 g/mol. The summed E-state index contributed by atoms with van der Waals surface area (Å²) in [4.78, 5) is 13.6. The van der Waals surface area contributed by atoms with E-state index < -0.39 is 15.8 Å². The van der Waals surface area contributed by atoms with E-state index >= 15 is 0 Å². The Kier molecular flexibility index (Phi) is 14.6. The molecule has 2 heterocycles. The Labute approximate surface area is 267 Å². The molecule has 0 aromatic heterocycles. The number of fused-ring (bicyclic) bond motifs is 2. The molecule has 2 aliphatic heterocycles. The van der Waals surface area contributed by atoms with E-state index in [4.69, 9.17) is 4.74 Å². The second kappa shape index (κ2) is 15.5. The molecule has 5 atom stereocenters. The van der Waals surface area contributed by atoms with E-state index in [-0.39, 0.29) is 92.8 Å². The molecular weight excluding hydrogens is 907 g/mol. The second-order valence-electron chi connectivity index (χ2n) is 8.81. The van der Waals surface area contributed by atoms with E-state index in [0.29, 0.717) is 12.3 Å². The molecule has 204 valence electrons. The molecular formula is C29H30Au2Cl2O2P2. The summed E-state index contributed by atoms with van der Waals surface area (Å²) in [6, 6.07) is 32.6. The Morgan fingerprint density at radius 1 is 0.757 bits per heavy atom. The maximum Gasteiger partial charge on any atom is 1.00 e. The molecule has 0 N–H and O–H groups in total. The number of ether oxygens (including phenoxy) is 1. The van der Waals surface area contributed by atoms with Crippen LogP contribution >= 0.6 is 15.8 Å². The molecule has 0 aliphatic carbocycles. The molecule has 1 fully saturated rings. The summed E-state index contributed by atoms with van der Waals surface area (Å²) in [6.07, 6.45) is 0. The van der Waals surface area contributed by atoms with Gasteiger partial charge in [-0.25, -0.2) is 0 Å². The third-order valence-corrected chi connectivity index (χ3v) is 13.8. The first-order valence-corrected chi connectivity index (χ1v) is 14.6. The summed E-state index contributed by atoms with van der Waals surface area (Å²) in [5.74, 6) is -0.110. The first-order valence-electron chi connectivity index (χ1n) is 11.7. The molecule has 0 radical (unpaired) electrons. The maximum atomic E-state index is 13.6. The average Bonchev–Trinajstić information content (AvgIpc) is 3.32. The third-order valence-electron chi connectivity index (χ3n) is 7.12. The van der Waals surface area contributed by atoms with Crippen molar-refractivity contribution in [1.29, 1.82) is 0 Å². The molecule has 2 bridgehead atoms. The zero-order chi connectivity index (χ0) is 22.9. The van der Waals surface area contributed by atoms with Gasteiger partial charge in [0.15, 0.2) is 0 Å². The number of allylic oxidation sites excluding steroid dienone is 2. The fourth-order valence-electron chi connectivity index (χ4n) is 5.70. The van der Waals surface area contributed by atoms with Gasteiger partial charge in [-0.05, 0) is 44.6 Å². The molecule has 0 spiro atoms. The molecule has 3 aromatic carbocycles. The van der Waals surface area contributed by atoms with E-state index in [1.807, 2.05) is 6.92 Å². The largest absolute Gasteiger partial charge is 1.00 e. The minimum absolute atomic E-state index is 0. The number of hydrogen-bond donors (Lipinski definition) is 0. The Morgan fingerprint density at radius 2 is 1.19 bits per heavy atom. The van der Waals surface area contributed by atoms with Crippen LogP contribution in [0.25, 0.3) is 0 Å². The Bertz CT molecular complexity index is 1130. The maximum absolute atomic E-state index is 13.6. The van der Waals surface area contributed by atoms with Crippen molar-refractivity contribution in [3.63, 3.8) is 0 Å². The van der Waals surface area contributed by atoms with Crippen molar-refractivity contribution >= 4 is 37.7 Å². The van der Waals surface area contributed by atoms with Crippen LogP contribution in [0.15, 0.2) is 102 Å². The van der Waals surface area contributed by atoms with E-state index in [1.54, 1.807) is 0 Å². The summed E-state index contributed by atoms with van der Waals surface area (Å²) in [7, 11) is -1.25. The smallest absolute Gasteiger partial charge is 1.00 e. The normalized spacial score (nSPS) is 23.3. The molecule has 2 nitrogen and oxygen atoms in total. The summed E-state index contributed by atoms with van der Waals surface area (Å²) in [6.45, 7) is 6.93. The van der Waals surface area contributed by atoms with Crippen molar-refractivity contribution in [2.24, 2.45) is 5.92 Å². The number of carbonyl (C=O) groups is 1. The van der Waals surface area contributed by atoms with Gasteiger partial charge in [0, 0.05) is 17.0 Å². The van der Waals surface area contributed by atoms with Crippen molar-refractivity contribution in [2.45, 2.75) is 37.7 Å². The quantitative estimate of drug-likeness (QED) is 0.146. The van der Waals surface area contributed by atoms with Crippen LogP contribution in [0.1, 0.15) is 20.8 Å². The van der Waals surface area contributed by atoms with Gasteiger partial charge in [-0.15, -0.1) is 0 Å². The van der Waals surface area contributed by atoms with Crippen LogP contribution in [0.4, 0.5) is 0 Å². The fraction of sp³-hybridized carbons (Fsp3) is 0.276. The fourth-order valence-corrected chi connectivity index (χ4v) is 13.7. The number of hydrogen-bond acceptors (Lipinski definition) is 2. The summed E-state index contributed by atoms with van der Waals surface area (Å²) in [5.41, 5.74) is 3.81. The molecule has 1 saturated heterocycles. The average molecular weight is 937 g/mol. The van der Waals surface area contributed by atoms with Crippen molar-refractivity contribution in [3.8, 4) is 0 Å². The van der Waals surface area contributed by atoms with Gasteiger partial charge in [-0.1, -0.05) is 110 Å². The Hall–Kier alpha value is -0.209. The van der Waals surface area contributed by atoms with Gasteiger partial charge >= 0.3 is 50.7 Å². The number of halogens is 2. The van der Waals surface area contributed by atoms with Crippen LogP contribution in [0.2, 0.25) is 0 Å². The van der Waals surface area contributed by atoms with E-state index in [9.17, 15) is 4.79 Å². The summed E-state index contributed by atoms with van der Waals surface area (Å²) < 4.78 is 5.76. The molecule has 0 amide bonds. The van der Waals surface area contributed by atoms with Crippen LogP contribution in [-0.2, 0) is 54.3 Å². The Balaban J connectivity index is 0.00000171. The van der Waals surface area contributed by atoms with Crippen LogP contribution < -0.4 is 40.7 Å². The van der Waals surface area contributed by atoms with Crippen molar-refractivity contribution in [3.05, 3.63) is 102 Å². The SMILES string of the molecule is CCOC(=O)[C@H]1C2C(C)=C(C)C([C@@H]1P(c1ccccc1)c1ccccc1)P2c1ccccc1.[Au+].[Au+].[Cl-].[Cl-]. The van der Waals surface area contributed by atoms with Gasteiger partial charge in [0.25, 0.3) is 0 Å². The molecule has 5 rings (SSSR count). The third kappa shape index (κ3) is 6.58. The van der Waals surface area contributed by atoms with Gasteiger partial charge in [-0.2, -0.15) is 0 Å². The minimum Gasteiger partial charge on any atom is -1.00 e. The predicted octanol–water partition coefficient (Wildman–Crippen LogP) is -0.422. The molecule has 0 saturated carbocycles. The first kappa shape index (κ1) is 34.8. The summed E-state index contributed by atoms with van der Waals surface area (Å²) in [5, 5.41) is 4.10. The van der Waals surface area contributed by atoms with Gasteiger partial charge in [0.1, 0.15) is 0 Å².